The lowest BCUT2D eigenvalue weighted by Crippen LogP contribution is -2.25. The molecule has 27 heavy (non-hydrogen) atoms. The maximum atomic E-state index is 13.9. The first-order valence-corrected chi connectivity index (χ1v) is 9.01. The smallest absolute Gasteiger partial charge is 0.279 e. The molecule has 0 aliphatic carbocycles. The van der Waals surface area contributed by atoms with Crippen LogP contribution in [0.3, 0.4) is 0 Å². The summed E-state index contributed by atoms with van der Waals surface area (Å²) in [4.78, 5) is 28.5. The monoisotopic (exact) mass is 383 g/mol. The zero-order valence-corrected chi connectivity index (χ0v) is 14.8. The van der Waals surface area contributed by atoms with E-state index in [1.54, 1.807) is 52.5 Å². The van der Waals surface area contributed by atoms with Gasteiger partial charge in [-0.1, -0.05) is 18.2 Å². The number of anilines is 1. The van der Waals surface area contributed by atoms with Crippen molar-refractivity contribution < 1.29 is 18.7 Å². The second kappa shape index (κ2) is 7.16. The predicted octanol–water partition coefficient (Wildman–Crippen LogP) is 2.81. The molecule has 1 aliphatic heterocycles. The van der Waals surface area contributed by atoms with Gasteiger partial charge in [-0.25, -0.2) is 4.39 Å². The standard InChI is InChI=1S/C19H14FN3O3S/c20-14-4-2-1-3-13(14)10-23-7-8-27-19(23)22-18(25)12-5-6-15-16(9-12)26-11-17(24)21-15/h1-9H,10-11H2,(H,21,24). The van der Waals surface area contributed by atoms with Gasteiger partial charge in [0.2, 0.25) is 0 Å². The highest BCUT2D eigenvalue weighted by Gasteiger charge is 2.17. The molecule has 4 rings (SSSR count). The maximum absolute atomic E-state index is 13.9. The minimum atomic E-state index is -0.442. The molecule has 0 saturated heterocycles. The number of hydrogen-bond donors (Lipinski definition) is 1. The lowest BCUT2D eigenvalue weighted by Gasteiger charge is -2.17. The Morgan fingerprint density at radius 1 is 1.30 bits per heavy atom. The molecule has 6 nitrogen and oxygen atoms in total. The largest absolute Gasteiger partial charge is 0.482 e. The van der Waals surface area contributed by atoms with Crippen LogP contribution in [0.2, 0.25) is 0 Å². The number of halogens is 1. The number of amides is 2. The molecule has 8 heteroatoms. The number of nitrogens with zero attached hydrogens (tertiary/aromatic N) is 2. The van der Waals surface area contributed by atoms with Gasteiger partial charge in [-0.05, 0) is 24.3 Å². The van der Waals surface area contributed by atoms with Crippen LogP contribution in [0.4, 0.5) is 10.1 Å². The fraction of sp³-hybridized carbons (Fsp3) is 0.105. The van der Waals surface area contributed by atoms with Crippen LogP contribution in [-0.2, 0) is 11.3 Å². The van der Waals surface area contributed by atoms with E-state index >= 15 is 0 Å². The Morgan fingerprint density at radius 2 is 2.15 bits per heavy atom. The average molecular weight is 383 g/mol. The Morgan fingerprint density at radius 3 is 3.00 bits per heavy atom. The van der Waals surface area contributed by atoms with E-state index in [0.29, 0.717) is 27.4 Å². The Balaban J connectivity index is 1.61. The van der Waals surface area contributed by atoms with Gasteiger partial charge >= 0.3 is 0 Å². The van der Waals surface area contributed by atoms with Crippen LogP contribution in [0.15, 0.2) is 59.0 Å². The molecular formula is C19H14FN3O3S. The zero-order valence-electron chi connectivity index (χ0n) is 14.0. The lowest BCUT2D eigenvalue weighted by atomic mass is 10.1. The predicted molar refractivity (Wildman–Crippen MR) is 98.3 cm³/mol. The Kier molecular flexibility index (Phi) is 4.55. The van der Waals surface area contributed by atoms with E-state index in [1.807, 2.05) is 0 Å². The van der Waals surface area contributed by atoms with Crippen molar-refractivity contribution in [1.29, 1.82) is 0 Å². The summed E-state index contributed by atoms with van der Waals surface area (Å²) < 4.78 is 20.9. The molecule has 1 aliphatic rings. The van der Waals surface area contributed by atoms with Crippen LogP contribution in [0.5, 0.6) is 5.75 Å². The van der Waals surface area contributed by atoms with Crippen molar-refractivity contribution in [2.24, 2.45) is 4.99 Å². The van der Waals surface area contributed by atoms with Crippen molar-refractivity contribution in [2.45, 2.75) is 6.54 Å². The molecule has 1 N–H and O–H groups in total. The molecule has 0 spiro atoms. The minimum Gasteiger partial charge on any atom is -0.482 e. The van der Waals surface area contributed by atoms with Crippen molar-refractivity contribution in [3.05, 3.63) is 75.8 Å². The van der Waals surface area contributed by atoms with Crippen LogP contribution >= 0.6 is 11.3 Å². The minimum absolute atomic E-state index is 0.0879. The number of rotatable bonds is 3. The van der Waals surface area contributed by atoms with Crippen LogP contribution in [-0.4, -0.2) is 23.0 Å². The van der Waals surface area contributed by atoms with Crippen LogP contribution < -0.4 is 14.9 Å². The van der Waals surface area contributed by atoms with Gasteiger partial charge in [0.25, 0.3) is 11.8 Å². The molecule has 0 fully saturated rings. The molecule has 0 radical (unpaired) electrons. The molecule has 2 heterocycles. The quantitative estimate of drug-likeness (QED) is 0.756. The second-order valence-electron chi connectivity index (χ2n) is 5.87. The molecule has 0 atom stereocenters. The number of ether oxygens (including phenoxy) is 1. The summed E-state index contributed by atoms with van der Waals surface area (Å²) in [6, 6.07) is 11.2. The van der Waals surface area contributed by atoms with E-state index < -0.39 is 5.91 Å². The highest BCUT2D eigenvalue weighted by Crippen LogP contribution is 2.28. The highest BCUT2D eigenvalue weighted by atomic mass is 32.1. The first-order chi connectivity index (χ1) is 13.1. The second-order valence-corrected chi connectivity index (χ2v) is 6.74. The fourth-order valence-corrected chi connectivity index (χ4v) is 3.40. The summed E-state index contributed by atoms with van der Waals surface area (Å²) in [7, 11) is 0. The summed E-state index contributed by atoms with van der Waals surface area (Å²) in [5, 5.41) is 4.46. The van der Waals surface area contributed by atoms with Gasteiger partial charge in [0.15, 0.2) is 11.4 Å². The third kappa shape index (κ3) is 3.65. The molecule has 0 bridgehead atoms. The van der Waals surface area contributed by atoms with Crippen molar-refractivity contribution in [1.82, 2.24) is 4.57 Å². The molecule has 0 saturated carbocycles. The number of aromatic nitrogens is 1. The van der Waals surface area contributed by atoms with E-state index in [4.69, 9.17) is 4.74 Å². The van der Waals surface area contributed by atoms with Gasteiger partial charge < -0.3 is 14.6 Å². The molecule has 136 valence electrons. The summed E-state index contributed by atoms with van der Waals surface area (Å²) >= 11 is 1.29. The van der Waals surface area contributed by atoms with E-state index in [-0.39, 0.29) is 24.9 Å². The van der Waals surface area contributed by atoms with Gasteiger partial charge in [-0.2, -0.15) is 4.99 Å². The van der Waals surface area contributed by atoms with Gasteiger partial charge in [-0.3, -0.25) is 9.59 Å². The van der Waals surface area contributed by atoms with E-state index in [1.165, 1.54) is 17.4 Å². The van der Waals surface area contributed by atoms with Crippen molar-refractivity contribution >= 4 is 28.8 Å². The Hall–Kier alpha value is -3.26. The topological polar surface area (TPSA) is 72.7 Å². The van der Waals surface area contributed by atoms with Crippen molar-refractivity contribution in [3.8, 4) is 5.75 Å². The van der Waals surface area contributed by atoms with E-state index in [2.05, 4.69) is 10.3 Å². The number of carbonyl (C=O) groups excluding carboxylic acids is 2. The third-order valence-corrected chi connectivity index (χ3v) is 4.81. The maximum Gasteiger partial charge on any atom is 0.279 e. The van der Waals surface area contributed by atoms with Crippen LogP contribution in [0.1, 0.15) is 15.9 Å². The summed E-state index contributed by atoms with van der Waals surface area (Å²) in [5.41, 5.74) is 1.38. The first kappa shape index (κ1) is 17.2. The van der Waals surface area contributed by atoms with Gasteiger partial charge in [0, 0.05) is 22.7 Å². The van der Waals surface area contributed by atoms with Crippen LogP contribution in [0.25, 0.3) is 0 Å². The Bertz CT molecular complexity index is 1100. The average Bonchev–Trinajstić information content (AvgIpc) is 3.09. The van der Waals surface area contributed by atoms with Crippen molar-refractivity contribution in [2.75, 3.05) is 11.9 Å². The number of fused-ring (bicyclic) bond motifs is 1. The van der Waals surface area contributed by atoms with E-state index in [9.17, 15) is 14.0 Å². The zero-order chi connectivity index (χ0) is 18.8. The summed E-state index contributed by atoms with van der Waals surface area (Å²) in [5.74, 6) is -0.550. The number of nitrogens with one attached hydrogen (secondary N) is 1. The summed E-state index contributed by atoms with van der Waals surface area (Å²) in [6.45, 7) is 0.191. The third-order valence-electron chi connectivity index (χ3n) is 4.02. The van der Waals surface area contributed by atoms with Gasteiger partial charge in [0.1, 0.15) is 11.6 Å². The summed E-state index contributed by atoms with van der Waals surface area (Å²) in [6.07, 6.45) is 1.76. The van der Waals surface area contributed by atoms with Gasteiger partial charge in [0.05, 0.1) is 12.2 Å². The lowest BCUT2D eigenvalue weighted by molar-refractivity contribution is -0.118. The Labute approximate surface area is 157 Å². The number of thiazole rings is 1. The number of benzene rings is 2. The SMILES string of the molecule is O=C1COc2cc(C(=O)N=c3sccn3Cc3ccccc3F)ccc2N1. The molecular weight excluding hydrogens is 369 g/mol. The van der Waals surface area contributed by atoms with Crippen molar-refractivity contribution in [3.63, 3.8) is 0 Å². The number of carbonyl (C=O) groups is 2. The number of hydrogen-bond acceptors (Lipinski definition) is 4. The highest BCUT2D eigenvalue weighted by molar-refractivity contribution is 7.07. The normalized spacial score (nSPS) is 13.7. The van der Waals surface area contributed by atoms with Gasteiger partial charge in [-0.15, -0.1) is 11.3 Å². The first-order valence-electron chi connectivity index (χ1n) is 8.13. The van der Waals surface area contributed by atoms with E-state index in [0.717, 1.165) is 0 Å². The molecule has 3 aromatic rings. The fourth-order valence-electron chi connectivity index (χ4n) is 2.68. The van der Waals surface area contributed by atoms with Crippen LogP contribution in [0, 0.1) is 5.82 Å². The molecule has 2 aromatic carbocycles. The molecule has 1 aromatic heterocycles. The molecule has 0 unspecified atom stereocenters. The molecule has 2 amide bonds.